The summed E-state index contributed by atoms with van der Waals surface area (Å²) < 4.78 is 2.35. The summed E-state index contributed by atoms with van der Waals surface area (Å²) in [5.41, 5.74) is 2.59. The molecule has 1 aliphatic heterocycles. The van der Waals surface area contributed by atoms with Gasteiger partial charge in [0.1, 0.15) is 5.82 Å². The van der Waals surface area contributed by atoms with Gasteiger partial charge in [-0.25, -0.2) is 4.98 Å². The quantitative estimate of drug-likeness (QED) is 0.797. The van der Waals surface area contributed by atoms with Crippen LogP contribution < -0.4 is 0 Å². The molecule has 0 bridgehead atoms. The summed E-state index contributed by atoms with van der Waals surface area (Å²) in [6.07, 6.45) is 2.46. The summed E-state index contributed by atoms with van der Waals surface area (Å²) in [4.78, 5) is 7.16. The van der Waals surface area contributed by atoms with E-state index in [4.69, 9.17) is 16.6 Å². The number of benzene rings is 1. The van der Waals surface area contributed by atoms with Crippen LogP contribution in [0.25, 0.3) is 11.0 Å². The number of aromatic nitrogens is 2. The summed E-state index contributed by atoms with van der Waals surface area (Å²) in [7, 11) is 2.21. The van der Waals surface area contributed by atoms with Crippen molar-refractivity contribution in [1.29, 1.82) is 0 Å². The van der Waals surface area contributed by atoms with Gasteiger partial charge in [0.05, 0.1) is 16.4 Å². The Bertz CT molecular complexity index is 624. The third-order valence-electron chi connectivity index (χ3n) is 4.77. The molecule has 4 heteroatoms. The van der Waals surface area contributed by atoms with Gasteiger partial charge in [0.15, 0.2) is 0 Å². The molecule has 0 saturated carbocycles. The Hall–Kier alpha value is -1.06. The number of hydrogen-bond acceptors (Lipinski definition) is 2. The number of alkyl halides is 1. The molecule has 3 rings (SSSR count). The van der Waals surface area contributed by atoms with Gasteiger partial charge in [-0.3, -0.25) is 0 Å². The van der Waals surface area contributed by atoms with E-state index >= 15 is 0 Å². The van der Waals surface area contributed by atoms with Crippen molar-refractivity contribution in [2.75, 3.05) is 20.1 Å². The van der Waals surface area contributed by atoms with E-state index in [2.05, 4.69) is 41.6 Å². The second kappa shape index (κ2) is 5.62. The second-order valence-corrected chi connectivity index (χ2v) is 7.43. The highest BCUT2D eigenvalue weighted by Crippen LogP contribution is 2.35. The second-order valence-electron chi connectivity index (χ2n) is 6.77. The number of fused-ring (bicyclic) bond motifs is 1. The molecule has 21 heavy (non-hydrogen) atoms. The first-order chi connectivity index (χ1) is 9.98. The maximum atomic E-state index is 6.37. The topological polar surface area (TPSA) is 21.1 Å². The molecule has 0 amide bonds. The lowest BCUT2D eigenvalue weighted by Crippen LogP contribution is -2.38. The van der Waals surface area contributed by atoms with Gasteiger partial charge in [0, 0.05) is 6.54 Å². The third-order valence-corrected chi connectivity index (χ3v) is 4.97. The van der Waals surface area contributed by atoms with Crippen LogP contribution in [0.3, 0.4) is 0 Å². The fraction of sp³-hybridized carbons (Fsp3) is 0.588. The van der Waals surface area contributed by atoms with Crippen molar-refractivity contribution in [2.45, 2.75) is 38.6 Å². The Morgan fingerprint density at radius 2 is 1.95 bits per heavy atom. The summed E-state index contributed by atoms with van der Waals surface area (Å²) >= 11 is 6.37. The average molecular weight is 306 g/mol. The van der Waals surface area contributed by atoms with Crippen molar-refractivity contribution in [2.24, 2.45) is 5.41 Å². The highest BCUT2D eigenvalue weighted by molar-refractivity contribution is 6.20. The average Bonchev–Trinajstić information content (AvgIpc) is 2.82. The molecule has 1 aromatic heterocycles. The number of imidazole rings is 1. The standard InChI is InChI=1S/C17H24ClN3/c1-13(18)16-19-14-6-4-5-7-15(14)21(16)12-17(2)8-10-20(3)11-9-17/h4-7,13H,8-12H2,1-3H3. The smallest absolute Gasteiger partial charge is 0.127 e. The molecule has 0 N–H and O–H groups in total. The van der Waals surface area contributed by atoms with Crippen LogP contribution in [0.1, 0.15) is 37.9 Å². The van der Waals surface area contributed by atoms with Crippen molar-refractivity contribution >= 4 is 22.6 Å². The van der Waals surface area contributed by atoms with Crippen LogP contribution in [0, 0.1) is 5.41 Å². The number of nitrogens with zero attached hydrogens (tertiary/aromatic N) is 3. The van der Waals surface area contributed by atoms with Crippen molar-refractivity contribution in [3.8, 4) is 0 Å². The molecule has 1 saturated heterocycles. The first kappa shape index (κ1) is 14.9. The lowest BCUT2D eigenvalue weighted by molar-refractivity contribution is 0.121. The van der Waals surface area contributed by atoms with Crippen molar-refractivity contribution in [3.63, 3.8) is 0 Å². The van der Waals surface area contributed by atoms with Crippen LogP contribution in [-0.2, 0) is 6.54 Å². The Morgan fingerprint density at radius 3 is 2.62 bits per heavy atom. The number of rotatable bonds is 3. The summed E-state index contributed by atoms with van der Waals surface area (Å²) in [6.45, 7) is 7.77. The van der Waals surface area contributed by atoms with Gasteiger partial charge in [-0.1, -0.05) is 19.1 Å². The lowest BCUT2D eigenvalue weighted by Gasteiger charge is -2.38. The zero-order valence-corrected chi connectivity index (χ0v) is 13.9. The predicted octanol–water partition coefficient (Wildman–Crippen LogP) is 4.07. The molecule has 1 aliphatic rings. The number of likely N-dealkylation sites (tertiary alicyclic amines) is 1. The lowest BCUT2D eigenvalue weighted by atomic mass is 9.80. The first-order valence-electron chi connectivity index (χ1n) is 7.76. The van der Waals surface area contributed by atoms with E-state index in [0.717, 1.165) is 17.9 Å². The van der Waals surface area contributed by atoms with Gasteiger partial charge in [0.25, 0.3) is 0 Å². The molecule has 1 fully saturated rings. The molecule has 1 atom stereocenters. The minimum atomic E-state index is -0.0627. The zero-order valence-electron chi connectivity index (χ0n) is 13.1. The normalized spacial score (nSPS) is 20.8. The number of hydrogen-bond donors (Lipinski definition) is 0. The van der Waals surface area contributed by atoms with Gasteiger partial charge in [-0.2, -0.15) is 0 Å². The van der Waals surface area contributed by atoms with E-state index in [9.17, 15) is 0 Å². The molecule has 0 spiro atoms. The van der Waals surface area contributed by atoms with Crippen LogP contribution >= 0.6 is 11.6 Å². The number of halogens is 1. The Kier molecular flexibility index (Phi) is 3.98. The molecule has 0 aliphatic carbocycles. The predicted molar refractivity (Wildman–Crippen MR) is 88.8 cm³/mol. The largest absolute Gasteiger partial charge is 0.326 e. The van der Waals surface area contributed by atoms with Crippen LogP contribution in [0.5, 0.6) is 0 Å². The van der Waals surface area contributed by atoms with Crippen LogP contribution in [0.15, 0.2) is 24.3 Å². The minimum Gasteiger partial charge on any atom is -0.326 e. The van der Waals surface area contributed by atoms with Gasteiger partial charge >= 0.3 is 0 Å². The monoisotopic (exact) mass is 305 g/mol. The van der Waals surface area contributed by atoms with E-state index in [0.29, 0.717) is 5.41 Å². The van der Waals surface area contributed by atoms with Crippen LogP contribution in [0.4, 0.5) is 0 Å². The fourth-order valence-corrected chi connectivity index (χ4v) is 3.43. The van der Waals surface area contributed by atoms with Crippen LogP contribution in [-0.4, -0.2) is 34.6 Å². The SMILES string of the molecule is CC(Cl)c1nc2ccccc2n1CC1(C)CCN(C)CC1. The first-order valence-corrected chi connectivity index (χ1v) is 8.20. The summed E-state index contributed by atoms with van der Waals surface area (Å²) in [5, 5.41) is -0.0627. The Morgan fingerprint density at radius 1 is 1.29 bits per heavy atom. The maximum absolute atomic E-state index is 6.37. The zero-order chi connectivity index (χ0) is 15.0. The summed E-state index contributed by atoms with van der Waals surface area (Å²) in [6, 6.07) is 8.36. The van der Waals surface area contributed by atoms with Crippen molar-refractivity contribution in [3.05, 3.63) is 30.1 Å². The summed E-state index contributed by atoms with van der Waals surface area (Å²) in [5.74, 6) is 0.998. The molecule has 3 nitrogen and oxygen atoms in total. The highest BCUT2D eigenvalue weighted by atomic mass is 35.5. The van der Waals surface area contributed by atoms with Crippen LogP contribution in [0.2, 0.25) is 0 Å². The number of piperidine rings is 1. The molecule has 2 heterocycles. The third kappa shape index (κ3) is 2.95. The van der Waals surface area contributed by atoms with E-state index < -0.39 is 0 Å². The van der Waals surface area contributed by atoms with E-state index in [1.807, 2.05) is 13.0 Å². The van der Waals surface area contributed by atoms with Gasteiger partial charge in [-0.15, -0.1) is 11.6 Å². The van der Waals surface area contributed by atoms with E-state index in [-0.39, 0.29) is 5.38 Å². The Labute approximate surface area is 131 Å². The minimum absolute atomic E-state index is 0.0627. The molecule has 0 radical (unpaired) electrons. The molecule has 1 unspecified atom stereocenters. The van der Waals surface area contributed by atoms with Crippen molar-refractivity contribution in [1.82, 2.24) is 14.5 Å². The maximum Gasteiger partial charge on any atom is 0.127 e. The molecule has 1 aromatic carbocycles. The molecular weight excluding hydrogens is 282 g/mol. The fourth-order valence-electron chi connectivity index (χ4n) is 3.26. The van der Waals surface area contributed by atoms with Gasteiger partial charge < -0.3 is 9.47 Å². The van der Waals surface area contributed by atoms with Crippen molar-refractivity contribution < 1.29 is 0 Å². The molecular formula is C17H24ClN3. The van der Waals surface area contributed by atoms with Gasteiger partial charge in [0.2, 0.25) is 0 Å². The van der Waals surface area contributed by atoms with Gasteiger partial charge in [-0.05, 0) is 57.5 Å². The highest BCUT2D eigenvalue weighted by Gasteiger charge is 2.31. The molecule has 114 valence electrons. The Balaban J connectivity index is 1.97. The molecule has 2 aromatic rings. The van der Waals surface area contributed by atoms with E-state index in [1.165, 1.54) is 31.4 Å². The number of para-hydroxylation sites is 2. The van der Waals surface area contributed by atoms with E-state index in [1.54, 1.807) is 0 Å².